The predicted octanol–water partition coefficient (Wildman–Crippen LogP) is 0.863. The van der Waals surface area contributed by atoms with Crippen LogP contribution >= 0.6 is 0 Å². The third kappa shape index (κ3) is 13.6. The van der Waals surface area contributed by atoms with E-state index >= 15 is 0 Å². The van der Waals surface area contributed by atoms with E-state index in [1.165, 1.54) is 0 Å². The molecule has 0 amide bonds. The van der Waals surface area contributed by atoms with Crippen LogP contribution < -0.4 is 5.73 Å². The van der Waals surface area contributed by atoms with Crippen LogP contribution in [0.2, 0.25) is 0 Å². The first kappa shape index (κ1) is 16.6. The molecular formula is C10H21F3N2O2. The number of halogens is 3. The van der Waals surface area contributed by atoms with Gasteiger partial charge in [-0.1, -0.05) is 0 Å². The Morgan fingerprint density at radius 2 is 1.76 bits per heavy atom. The van der Waals surface area contributed by atoms with Gasteiger partial charge in [-0.25, -0.2) is 0 Å². The molecule has 0 bridgehead atoms. The predicted molar refractivity (Wildman–Crippen MR) is 58.9 cm³/mol. The van der Waals surface area contributed by atoms with Crippen LogP contribution in [0.25, 0.3) is 0 Å². The molecule has 0 radical (unpaired) electrons. The van der Waals surface area contributed by atoms with Gasteiger partial charge in [0.15, 0.2) is 0 Å². The number of hydrogen-bond acceptors (Lipinski definition) is 4. The molecule has 104 valence electrons. The molecule has 4 nitrogen and oxygen atoms in total. The lowest BCUT2D eigenvalue weighted by Crippen LogP contribution is -2.26. The van der Waals surface area contributed by atoms with Gasteiger partial charge in [0.1, 0.15) is 6.61 Å². The number of nitrogens with zero attached hydrogens (tertiary/aromatic N) is 1. The number of rotatable bonds is 10. The van der Waals surface area contributed by atoms with Crippen LogP contribution in [-0.2, 0) is 9.47 Å². The standard InChI is InChI=1S/C10H21F3N2O2/c1-15(5-8-16-7-3-14)4-2-6-17-9-10(11,12)13/h2-9,14H2,1H3. The van der Waals surface area contributed by atoms with E-state index in [-0.39, 0.29) is 6.61 Å². The Bertz CT molecular complexity index is 179. The summed E-state index contributed by atoms with van der Waals surface area (Å²) >= 11 is 0. The Morgan fingerprint density at radius 1 is 1.06 bits per heavy atom. The molecule has 0 aromatic rings. The van der Waals surface area contributed by atoms with Crippen molar-refractivity contribution in [3.8, 4) is 0 Å². The summed E-state index contributed by atoms with van der Waals surface area (Å²) in [5.41, 5.74) is 5.25. The molecule has 17 heavy (non-hydrogen) atoms. The van der Waals surface area contributed by atoms with E-state index in [4.69, 9.17) is 10.5 Å². The molecule has 0 rings (SSSR count). The van der Waals surface area contributed by atoms with Crippen LogP contribution in [0.3, 0.4) is 0 Å². The molecule has 0 aromatic carbocycles. The molecule has 0 spiro atoms. The SMILES string of the molecule is CN(CCCOCC(F)(F)F)CCOCCN. The fraction of sp³-hybridized carbons (Fsp3) is 1.00. The summed E-state index contributed by atoms with van der Waals surface area (Å²) in [6.07, 6.45) is -3.66. The van der Waals surface area contributed by atoms with E-state index in [9.17, 15) is 13.2 Å². The monoisotopic (exact) mass is 258 g/mol. The van der Waals surface area contributed by atoms with Crippen LogP contribution in [0.5, 0.6) is 0 Å². The van der Waals surface area contributed by atoms with Crippen molar-refractivity contribution in [2.45, 2.75) is 12.6 Å². The highest BCUT2D eigenvalue weighted by Crippen LogP contribution is 2.14. The van der Waals surface area contributed by atoms with Gasteiger partial charge in [-0.3, -0.25) is 0 Å². The van der Waals surface area contributed by atoms with Gasteiger partial charge in [0, 0.05) is 26.2 Å². The van der Waals surface area contributed by atoms with Crippen LogP contribution in [-0.4, -0.2) is 64.2 Å². The van der Waals surface area contributed by atoms with Crippen molar-refractivity contribution >= 4 is 0 Å². The first-order chi connectivity index (χ1) is 7.95. The molecule has 0 saturated heterocycles. The molecule has 0 aromatic heterocycles. The minimum Gasteiger partial charge on any atom is -0.379 e. The average Bonchev–Trinajstić information content (AvgIpc) is 2.22. The second-order valence-corrected chi connectivity index (χ2v) is 3.73. The summed E-state index contributed by atoms with van der Waals surface area (Å²) in [5.74, 6) is 0. The zero-order valence-corrected chi connectivity index (χ0v) is 10.1. The molecule has 0 aliphatic rings. The number of hydrogen-bond donors (Lipinski definition) is 1. The fourth-order valence-corrected chi connectivity index (χ4v) is 1.14. The van der Waals surface area contributed by atoms with Crippen molar-refractivity contribution in [2.75, 3.05) is 53.1 Å². The first-order valence-electron chi connectivity index (χ1n) is 5.56. The largest absolute Gasteiger partial charge is 0.411 e. The van der Waals surface area contributed by atoms with Gasteiger partial charge in [-0.05, 0) is 13.5 Å². The lowest BCUT2D eigenvalue weighted by molar-refractivity contribution is -0.174. The Kier molecular flexibility index (Phi) is 9.43. The first-order valence-corrected chi connectivity index (χ1v) is 5.56. The Labute approximate surface area is 99.8 Å². The second-order valence-electron chi connectivity index (χ2n) is 3.73. The van der Waals surface area contributed by atoms with Gasteiger partial charge in [-0.15, -0.1) is 0 Å². The number of likely N-dealkylation sites (N-methyl/N-ethyl adjacent to an activating group) is 1. The topological polar surface area (TPSA) is 47.7 Å². The maximum atomic E-state index is 11.7. The third-order valence-corrected chi connectivity index (χ3v) is 1.97. The number of ether oxygens (including phenoxy) is 2. The van der Waals surface area contributed by atoms with Crippen molar-refractivity contribution in [1.29, 1.82) is 0 Å². The smallest absolute Gasteiger partial charge is 0.379 e. The Balaban J connectivity index is 3.24. The molecule has 0 aliphatic carbocycles. The normalized spacial score (nSPS) is 12.4. The summed E-state index contributed by atoms with van der Waals surface area (Å²) < 4.78 is 44.8. The van der Waals surface area contributed by atoms with Crippen molar-refractivity contribution < 1.29 is 22.6 Å². The summed E-state index contributed by atoms with van der Waals surface area (Å²) in [6, 6.07) is 0. The third-order valence-electron chi connectivity index (χ3n) is 1.97. The lowest BCUT2D eigenvalue weighted by Gasteiger charge is -2.16. The molecule has 0 heterocycles. The van der Waals surface area contributed by atoms with E-state index in [1.807, 2.05) is 11.9 Å². The Hall–Kier alpha value is -0.370. The fourth-order valence-electron chi connectivity index (χ4n) is 1.14. The van der Waals surface area contributed by atoms with Gasteiger partial charge in [0.05, 0.1) is 13.2 Å². The van der Waals surface area contributed by atoms with Crippen molar-refractivity contribution in [3.05, 3.63) is 0 Å². The summed E-state index contributed by atoms with van der Waals surface area (Å²) in [5, 5.41) is 0. The maximum absolute atomic E-state index is 11.7. The van der Waals surface area contributed by atoms with Crippen LogP contribution in [0, 0.1) is 0 Å². The van der Waals surface area contributed by atoms with Crippen molar-refractivity contribution in [3.63, 3.8) is 0 Å². The van der Waals surface area contributed by atoms with E-state index < -0.39 is 12.8 Å². The minimum absolute atomic E-state index is 0.119. The molecule has 2 N–H and O–H groups in total. The van der Waals surface area contributed by atoms with Crippen molar-refractivity contribution in [1.82, 2.24) is 4.90 Å². The second kappa shape index (κ2) is 9.64. The maximum Gasteiger partial charge on any atom is 0.411 e. The van der Waals surface area contributed by atoms with Crippen LogP contribution in [0.1, 0.15) is 6.42 Å². The summed E-state index contributed by atoms with van der Waals surface area (Å²) in [6.45, 7) is 1.97. The van der Waals surface area contributed by atoms with Gasteiger partial charge >= 0.3 is 6.18 Å². The zero-order chi connectivity index (χ0) is 13.1. The quantitative estimate of drug-likeness (QED) is 0.590. The minimum atomic E-state index is -4.23. The zero-order valence-electron chi connectivity index (χ0n) is 10.1. The molecular weight excluding hydrogens is 237 g/mol. The summed E-state index contributed by atoms with van der Waals surface area (Å²) in [4.78, 5) is 1.98. The highest BCUT2D eigenvalue weighted by molar-refractivity contribution is 4.52. The van der Waals surface area contributed by atoms with Crippen LogP contribution in [0.15, 0.2) is 0 Å². The van der Waals surface area contributed by atoms with Gasteiger partial charge in [-0.2, -0.15) is 13.2 Å². The molecule has 0 fully saturated rings. The van der Waals surface area contributed by atoms with Gasteiger partial charge in [0.2, 0.25) is 0 Å². The molecule has 0 aliphatic heterocycles. The Morgan fingerprint density at radius 3 is 2.35 bits per heavy atom. The highest BCUT2D eigenvalue weighted by atomic mass is 19.4. The van der Waals surface area contributed by atoms with E-state index in [2.05, 4.69) is 4.74 Å². The van der Waals surface area contributed by atoms with Crippen molar-refractivity contribution in [2.24, 2.45) is 5.73 Å². The molecule has 0 unspecified atom stereocenters. The number of alkyl halides is 3. The van der Waals surface area contributed by atoms with E-state index in [0.717, 1.165) is 6.54 Å². The lowest BCUT2D eigenvalue weighted by atomic mass is 10.4. The molecule has 0 atom stereocenters. The molecule has 7 heteroatoms. The van der Waals surface area contributed by atoms with Gasteiger partial charge in [0.25, 0.3) is 0 Å². The average molecular weight is 258 g/mol. The van der Waals surface area contributed by atoms with Crippen LogP contribution in [0.4, 0.5) is 13.2 Å². The summed E-state index contributed by atoms with van der Waals surface area (Å²) in [7, 11) is 1.88. The van der Waals surface area contributed by atoms with E-state index in [0.29, 0.717) is 32.7 Å². The number of nitrogens with two attached hydrogens (primary N) is 1. The highest BCUT2D eigenvalue weighted by Gasteiger charge is 2.27. The molecule has 0 saturated carbocycles. The van der Waals surface area contributed by atoms with Gasteiger partial charge < -0.3 is 20.1 Å². The van der Waals surface area contributed by atoms with E-state index in [1.54, 1.807) is 0 Å².